The van der Waals surface area contributed by atoms with Crippen molar-refractivity contribution < 1.29 is 19.4 Å². The molecule has 0 aliphatic rings. The van der Waals surface area contributed by atoms with E-state index in [0.29, 0.717) is 36.1 Å². The molecule has 0 unspecified atom stereocenters. The number of carboxylic acids is 1. The smallest absolute Gasteiger partial charge is 0.341 e. The number of carbonyl (C=O) groups is 2. The first-order chi connectivity index (χ1) is 17.4. The van der Waals surface area contributed by atoms with E-state index < -0.39 is 11.9 Å². The Labute approximate surface area is 210 Å². The fourth-order valence-corrected chi connectivity index (χ4v) is 3.73. The first kappa shape index (κ1) is 26.3. The largest absolute Gasteiger partial charge is 0.478 e. The zero-order valence-electron chi connectivity index (χ0n) is 20.9. The molecule has 3 aromatic rings. The summed E-state index contributed by atoms with van der Waals surface area (Å²) in [6, 6.07) is 11.7. The summed E-state index contributed by atoms with van der Waals surface area (Å²) in [5.74, 6) is -0.319. The number of anilines is 3. The Hall–Kier alpha value is -4.34. The number of benzene rings is 1. The molecule has 1 aromatic carbocycles. The van der Waals surface area contributed by atoms with E-state index in [4.69, 9.17) is 9.72 Å². The number of nitrogens with zero attached hydrogens (tertiary/aromatic N) is 5. The van der Waals surface area contributed by atoms with Gasteiger partial charge in [-0.1, -0.05) is 32.0 Å². The summed E-state index contributed by atoms with van der Waals surface area (Å²) in [4.78, 5) is 35.7. The number of ether oxygens (including phenoxy) is 1. The van der Waals surface area contributed by atoms with Crippen LogP contribution in [0.4, 0.5) is 28.8 Å². The van der Waals surface area contributed by atoms with Crippen LogP contribution in [0.5, 0.6) is 0 Å². The molecule has 2 N–H and O–H groups in total. The number of aromatic carboxylic acids is 1. The number of hydrogen-bond acceptors (Lipinski definition) is 9. The van der Waals surface area contributed by atoms with Crippen LogP contribution in [0.1, 0.15) is 53.0 Å². The molecule has 0 radical (unpaired) electrons. The molecule has 0 saturated carbocycles. The zero-order valence-corrected chi connectivity index (χ0v) is 20.9. The van der Waals surface area contributed by atoms with Gasteiger partial charge in [0.05, 0.1) is 12.7 Å². The van der Waals surface area contributed by atoms with E-state index in [9.17, 15) is 14.7 Å². The van der Waals surface area contributed by atoms with Gasteiger partial charge in [0.25, 0.3) is 0 Å². The number of rotatable bonds is 11. The molecular formula is C26H30N6O4. The second-order valence-electron chi connectivity index (χ2n) is 7.97. The number of esters is 1. The second kappa shape index (κ2) is 12.4. The van der Waals surface area contributed by atoms with Crippen molar-refractivity contribution in [2.24, 2.45) is 10.2 Å². The third-order valence-corrected chi connectivity index (χ3v) is 5.38. The van der Waals surface area contributed by atoms with Crippen molar-refractivity contribution in [1.82, 2.24) is 9.97 Å². The van der Waals surface area contributed by atoms with Crippen molar-refractivity contribution in [2.75, 3.05) is 30.4 Å². The van der Waals surface area contributed by atoms with E-state index in [-0.39, 0.29) is 22.5 Å². The first-order valence-electron chi connectivity index (χ1n) is 11.7. The van der Waals surface area contributed by atoms with Gasteiger partial charge in [0.1, 0.15) is 28.6 Å². The number of azo groups is 1. The number of hydrogen-bond donors (Lipinski definition) is 2. The van der Waals surface area contributed by atoms with Crippen molar-refractivity contribution in [3.63, 3.8) is 0 Å². The first-order valence-corrected chi connectivity index (χ1v) is 11.7. The fraction of sp³-hybridized carbons (Fsp3) is 0.308. The molecule has 0 saturated heterocycles. The molecule has 10 nitrogen and oxygen atoms in total. The third-order valence-electron chi connectivity index (χ3n) is 5.38. The van der Waals surface area contributed by atoms with E-state index in [2.05, 4.69) is 34.4 Å². The minimum Gasteiger partial charge on any atom is -0.478 e. The maximum absolute atomic E-state index is 12.9. The molecule has 188 valence electrons. The van der Waals surface area contributed by atoms with Gasteiger partial charge in [-0.3, -0.25) is 0 Å². The van der Waals surface area contributed by atoms with E-state index in [0.717, 1.165) is 12.8 Å². The summed E-state index contributed by atoms with van der Waals surface area (Å²) >= 11 is 0. The Bertz CT molecular complexity index is 1240. The van der Waals surface area contributed by atoms with Crippen LogP contribution < -0.4 is 10.2 Å². The Balaban J connectivity index is 2.26. The van der Waals surface area contributed by atoms with Gasteiger partial charge in [-0.15, -0.1) is 10.2 Å². The standard InChI is InChI=1S/C26H30N6O4/c1-5-15-32(16-6-2)24-21(26(35)36-4)17(3)22(23(29-24)28-20-13-9-10-14-27-20)31-30-19-12-8-7-11-18(19)25(33)34/h7-14H,5-6,15-16H2,1-4H3,(H,33,34)(H,27,28,29). The van der Waals surface area contributed by atoms with Crippen LogP contribution >= 0.6 is 0 Å². The highest BCUT2D eigenvalue weighted by Crippen LogP contribution is 2.38. The molecule has 2 aromatic heterocycles. The zero-order chi connectivity index (χ0) is 26.1. The van der Waals surface area contributed by atoms with Crippen LogP contribution in [0.2, 0.25) is 0 Å². The second-order valence-corrected chi connectivity index (χ2v) is 7.97. The number of aromatic nitrogens is 2. The van der Waals surface area contributed by atoms with Gasteiger partial charge in [0.15, 0.2) is 5.82 Å². The summed E-state index contributed by atoms with van der Waals surface area (Å²) in [6.07, 6.45) is 3.36. The summed E-state index contributed by atoms with van der Waals surface area (Å²) in [5, 5.41) is 21.3. The van der Waals surface area contributed by atoms with Gasteiger partial charge in [-0.25, -0.2) is 19.6 Å². The van der Waals surface area contributed by atoms with Crippen molar-refractivity contribution in [1.29, 1.82) is 0 Å². The van der Waals surface area contributed by atoms with Crippen LogP contribution in [-0.2, 0) is 4.74 Å². The topological polar surface area (TPSA) is 129 Å². The molecular weight excluding hydrogens is 460 g/mol. The number of pyridine rings is 2. The third kappa shape index (κ3) is 6.01. The van der Waals surface area contributed by atoms with Gasteiger partial charge in [0, 0.05) is 19.3 Å². The Morgan fingerprint density at radius 2 is 1.75 bits per heavy atom. The number of carboxylic acid groups (broad SMARTS) is 1. The van der Waals surface area contributed by atoms with E-state index in [1.807, 2.05) is 11.0 Å². The molecule has 0 amide bonds. The minimum absolute atomic E-state index is 0.00738. The van der Waals surface area contributed by atoms with Crippen molar-refractivity contribution >= 4 is 40.8 Å². The highest BCUT2D eigenvalue weighted by molar-refractivity contribution is 5.99. The lowest BCUT2D eigenvalue weighted by molar-refractivity contribution is 0.0599. The predicted molar refractivity (Wildman–Crippen MR) is 138 cm³/mol. The van der Waals surface area contributed by atoms with Gasteiger partial charge in [-0.05, 0) is 49.6 Å². The molecule has 0 spiro atoms. The average molecular weight is 491 g/mol. The van der Waals surface area contributed by atoms with Gasteiger partial charge < -0.3 is 20.1 Å². The average Bonchev–Trinajstić information content (AvgIpc) is 2.88. The lowest BCUT2D eigenvalue weighted by Crippen LogP contribution is -2.29. The molecule has 2 heterocycles. The number of carbonyl (C=O) groups excluding carboxylic acids is 1. The van der Waals surface area contributed by atoms with Crippen LogP contribution in [0.25, 0.3) is 0 Å². The highest BCUT2D eigenvalue weighted by Gasteiger charge is 2.26. The maximum atomic E-state index is 12.9. The Kier molecular flexibility index (Phi) is 9.04. The van der Waals surface area contributed by atoms with Crippen LogP contribution in [0.3, 0.4) is 0 Å². The van der Waals surface area contributed by atoms with Gasteiger partial charge in [0.2, 0.25) is 0 Å². The van der Waals surface area contributed by atoms with Crippen LogP contribution in [0.15, 0.2) is 58.9 Å². The van der Waals surface area contributed by atoms with E-state index >= 15 is 0 Å². The molecule has 0 fully saturated rings. The summed E-state index contributed by atoms with van der Waals surface area (Å²) in [6.45, 7) is 7.25. The SMILES string of the molecule is CCCN(CCC)c1nc(Nc2ccccn2)c(N=Nc2ccccc2C(=O)O)c(C)c1C(=O)OC. The summed E-state index contributed by atoms with van der Waals surface area (Å²) < 4.78 is 5.10. The normalized spacial score (nSPS) is 10.9. The van der Waals surface area contributed by atoms with Crippen LogP contribution in [0, 0.1) is 6.92 Å². The fourth-order valence-electron chi connectivity index (χ4n) is 3.73. The molecule has 0 aliphatic heterocycles. The molecule has 3 rings (SSSR count). The lowest BCUT2D eigenvalue weighted by Gasteiger charge is -2.26. The molecule has 0 aliphatic carbocycles. The summed E-state index contributed by atoms with van der Waals surface area (Å²) in [7, 11) is 1.32. The number of methoxy groups -OCH3 is 1. The van der Waals surface area contributed by atoms with Crippen molar-refractivity contribution in [2.45, 2.75) is 33.6 Å². The number of nitrogens with one attached hydrogen (secondary N) is 1. The van der Waals surface area contributed by atoms with Gasteiger partial charge >= 0.3 is 11.9 Å². The Morgan fingerprint density at radius 1 is 1.06 bits per heavy atom. The Morgan fingerprint density at radius 3 is 2.36 bits per heavy atom. The monoisotopic (exact) mass is 490 g/mol. The molecule has 0 atom stereocenters. The highest BCUT2D eigenvalue weighted by atomic mass is 16.5. The maximum Gasteiger partial charge on any atom is 0.341 e. The van der Waals surface area contributed by atoms with Gasteiger partial charge in [-0.2, -0.15) is 0 Å². The molecule has 0 bridgehead atoms. The van der Waals surface area contributed by atoms with Crippen molar-refractivity contribution in [3.8, 4) is 0 Å². The lowest BCUT2D eigenvalue weighted by atomic mass is 10.1. The van der Waals surface area contributed by atoms with Crippen molar-refractivity contribution in [3.05, 3.63) is 65.4 Å². The predicted octanol–water partition coefficient (Wildman–Crippen LogP) is 6.06. The molecule has 10 heteroatoms. The minimum atomic E-state index is -1.12. The van der Waals surface area contributed by atoms with E-state index in [1.165, 1.54) is 13.2 Å². The quantitative estimate of drug-likeness (QED) is 0.245. The summed E-state index contributed by atoms with van der Waals surface area (Å²) in [5.41, 5.74) is 1.24. The molecule has 36 heavy (non-hydrogen) atoms. The van der Waals surface area contributed by atoms with E-state index in [1.54, 1.807) is 43.5 Å². The van der Waals surface area contributed by atoms with Crippen LogP contribution in [-0.4, -0.2) is 47.2 Å².